The highest BCUT2D eigenvalue weighted by Gasteiger charge is 2.07. The minimum atomic E-state index is 0.941. The molecule has 31 heavy (non-hydrogen) atoms. The summed E-state index contributed by atoms with van der Waals surface area (Å²) >= 11 is 5.62. The lowest BCUT2D eigenvalue weighted by molar-refractivity contribution is 0.192. The lowest BCUT2D eigenvalue weighted by atomic mass is 10.1. The summed E-state index contributed by atoms with van der Waals surface area (Å²) < 4.78 is 5.01. The minimum absolute atomic E-state index is 0.941. The quantitative estimate of drug-likeness (QED) is 0.223. The van der Waals surface area contributed by atoms with Crippen molar-refractivity contribution in [2.75, 3.05) is 13.7 Å². The van der Waals surface area contributed by atoms with Crippen molar-refractivity contribution in [3.8, 4) is 19.5 Å². The van der Waals surface area contributed by atoms with Crippen molar-refractivity contribution >= 4 is 34.0 Å². The number of methoxy groups -OCH3 is 1. The largest absolute Gasteiger partial charge is 0.385 e. The lowest BCUT2D eigenvalue weighted by Crippen LogP contribution is -1.88. The molecule has 3 heterocycles. The molecule has 3 aromatic heterocycles. The third-order valence-electron chi connectivity index (χ3n) is 5.27. The Balaban J connectivity index is 0.000000226. The average Bonchev–Trinajstić information content (AvgIpc) is 3.51. The van der Waals surface area contributed by atoms with Gasteiger partial charge in [0, 0.05) is 43.0 Å². The highest BCUT2D eigenvalue weighted by molar-refractivity contribution is 7.26. The molecule has 0 fully saturated rings. The zero-order valence-corrected chi connectivity index (χ0v) is 22.3. The van der Waals surface area contributed by atoms with Gasteiger partial charge in [0.1, 0.15) is 0 Å². The van der Waals surface area contributed by atoms with Gasteiger partial charge < -0.3 is 4.74 Å². The first-order valence-electron chi connectivity index (χ1n) is 11.9. The van der Waals surface area contributed by atoms with Crippen LogP contribution < -0.4 is 0 Å². The van der Waals surface area contributed by atoms with Gasteiger partial charge in [-0.2, -0.15) is 0 Å². The van der Waals surface area contributed by atoms with Crippen molar-refractivity contribution in [2.24, 2.45) is 0 Å². The topological polar surface area (TPSA) is 9.23 Å². The second-order valence-corrected chi connectivity index (χ2v) is 11.8. The van der Waals surface area contributed by atoms with Gasteiger partial charge in [-0.25, -0.2) is 0 Å². The van der Waals surface area contributed by atoms with Crippen molar-refractivity contribution < 1.29 is 4.74 Å². The molecule has 0 aromatic carbocycles. The van der Waals surface area contributed by atoms with Crippen LogP contribution in [0.2, 0.25) is 0 Å². The number of thiophene rings is 3. The van der Waals surface area contributed by atoms with Gasteiger partial charge in [0.2, 0.25) is 0 Å². The molecule has 1 nitrogen and oxygen atoms in total. The Hall–Kier alpha value is -0.940. The molecule has 3 rings (SSSR count). The van der Waals surface area contributed by atoms with E-state index in [1.165, 1.54) is 93.5 Å². The smallest absolute Gasteiger partial charge is 0.0462 e. The molecular formula is C27H40OS3. The SMILES string of the molecule is CCCCCCCCCCCCOC.Cc1ccc(-c2ccc(-c3ccc(C)s3)s2)s1. The van der Waals surface area contributed by atoms with E-state index in [1.807, 2.05) is 34.0 Å². The van der Waals surface area contributed by atoms with Gasteiger partial charge in [-0.15, -0.1) is 34.0 Å². The summed E-state index contributed by atoms with van der Waals surface area (Å²) in [4.78, 5) is 8.27. The molecule has 0 aliphatic carbocycles. The Morgan fingerprint density at radius 3 is 1.32 bits per heavy atom. The Morgan fingerprint density at radius 1 is 0.548 bits per heavy atom. The van der Waals surface area contributed by atoms with Crippen LogP contribution >= 0.6 is 34.0 Å². The molecule has 0 unspecified atom stereocenters. The third kappa shape index (κ3) is 10.5. The third-order valence-corrected chi connectivity index (χ3v) is 8.75. The molecule has 0 spiro atoms. The molecule has 4 heteroatoms. The number of rotatable bonds is 13. The summed E-state index contributed by atoms with van der Waals surface area (Å²) in [5.74, 6) is 0. The van der Waals surface area contributed by atoms with Crippen LogP contribution in [0, 0.1) is 13.8 Å². The zero-order chi connectivity index (χ0) is 22.3. The van der Waals surface area contributed by atoms with Crippen molar-refractivity contribution in [1.29, 1.82) is 0 Å². The lowest BCUT2D eigenvalue weighted by Gasteiger charge is -2.01. The van der Waals surface area contributed by atoms with Crippen LogP contribution in [0.25, 0.3) is 19.5 Å². The van der Waals surface area contributed by atoms with E-state index in [4.69, 9.17) is 4.74 Å². The van der Waals surface area contributed by atoms with Gasteiger partial charge >= 0.3 is 0 Å². The zero-order valence-electron chi connectivity index (χ0n) is 19.9. The fraction of sp³-hybridized carbons (Fsp3) is 0.556. The molecule has 0 saturated carbocycles. The van der Waals surface area contributed by atoms with E-state index < -0.39 is 0 Å². The maximum absolute atomic E-state index is 5.01. The van der Waals surface area contributed by atoms with E-state index in [2.05, 4.69) is 57.2 Å². The van der Waals surface area contributed by atoms with Gasteiger partial charge in [0.15, 0.2) is 0 Å². The van der Waals surface area contributed by atoms with Crippen LogP contribution in [0.5, 0.6) is 0 Å². The van der Waals surface area contributed by atoms with Crippen LogP contribution in [0.15, 0.2) is 36.4 Å². The Labute approximate surface area is 202 Å². The predicted octanol–water partition coefficient (Wildman–Crippen LogP) is 10.4. The van der Waals surface area contributed by atoms with E-state index in [0.29, 0.717) is 0 Å². The van der Waals surface area contributed by atoms with Crippen LogP contribution in [0.4, 0.5) is 0 Å². The van der Waals surface area contributed by atoms with Gasteiger partial charge in [-0.3, -0.25) is 0 Å². The van der Waals surface area contributed by atoms with Crippen LogP contribution in [0.3, 0.4) is 0 Å². The first-order valence-corrected chi connectivity index (χ1v) is 14.3. The highest BCUT2D eigenvalue weighted by Crippen LogP contribution is 2.39. The Morgan fingerprint density at radius 2 is 0.935 bits per heavy atom. The molecule has 0 N–H and O–H groups in total. The molecule has 0 bridgehead atoms. The van der Waals surface area contributed by atoms with Crippen LogP contribution in [-0.4, -0.2) is 13.7 Å². The molecule has 0 radical (unpaired) electrons. The normalized spacial score (nSPS) is 10.8. The maximum atomic E-state index is 5.01. The first kappa shape index (κ1) is 26.3. The molecule has 172 valence electrons. The number of hydrogen-bond acceptors (Lipinski definition) is 4. The molecule has 0 amide bonds. The fourth-order valence-electron chi connectivity index (χ4n) is 3.47. The second-order valence-electron chi connectivity index (χ2n) is 8.16. The van der Waals surface area contributed by atoms with Crippen LogP contribution in [-0.2, 0) is 4.74 Å². The number of ether oxygens (including phenoxy) is 1. The summed E-state index contributed by atoms with van der Waals surface area (Å²) in [6.07, 6.45) is 14.0. The summed E-state index contributed by atoms with van der Waals surface area (Å²) in [5.41, 5.74) is 0. The number of unbranched alkanes of at least 4 members (excludes halogenated alkanes) is 9. The summed E-state index contributed by atoms with van der Waals surface area (Å²) in [5, 5.41) is 0. The van der Waals surface area contributed by atoms with E-state index >= 15 is 0 Å². The van der Waals surface area contributed by atoms with E-state index in [9.17, 15) is 0 Å². The van der Waals surface area contributed by atoms with E-state index in [1.54, 1.807) is 7.11 Å². The molecule has 3 aromatic rings. The van der Waals surface area contributed by atoms with Crippen molar-refractivity contribution in [3.63, 3.8) is 0 Å². The second kappa shape index (κ2) is 15.8. The van der Waals surface area contributed by atoms with Gasteiger partial charge in [-0.05, 0) is 56.7 Å². The summed E-state index contributed by atoms with van der Waals surface area (Å²) in [7, 11) is 1.79. The maximum Gasteiger partial charge on any atom is 0.0462 e. The Kier molecular flexibility index (Phi) is 13.4. The molecule has 0 saturated heterocycles. The molecular weight excluding hydrogens is 436 g/mol. The summed E-state index contributed by atoms with van der Waals surface area (Å²) in [6.45, 7) is 7.53. The van der Waals surface area contributed by atoms with E-state index in [-0.39, 0.29) is 0 Å². The Bertz CT molecular complexity index is 760. The van der Waals surface area contributed by atoms with Gasteiger partial charge in [0.25, 0.3) is 0 Å². The number of aryl methyl sites for hydroxylation is 2. The fourth-order valence-corrected chi connectivity index (χ4v) is 6.39. The van der Waals surface area contributed by atoms with Crippen molar-refractivity contribution in [1.82, 2.24) is 0 Å². The van der Waals surface area contributed by atoms with Crippen molar-refractivity contribution in [3.05, 3.63) is 46.2 Å². The highest BCUT2D eigenvalue weighted by atomic mass is 32.1. The van der Waals surface area contributed by atoms with Crippen LogP contribution in [0.1, 0.15) is 80.9 Å². The monoisotopic (exact) mass is 476 g/mol. The standard InChI is InChI=1S/C14H12S3.C13H28O/c1-9-3-5-11(15-9)13-7-8-14(17-13)12-6-4-10(2)16-12;1-3-4-5-6-7-8-9-10-11-12-13-14-2/h3-8H,1-2H3;3-13H2,1-2H3. The predicted molar refractivity (Wildman–Crippen MR) is 144 cm³/mol. The van der Waals surface area contributed by atoms with Crippen molar-refractivity contribution in [2.45, 2.75) is 85.0 Å². The van der Waals surface area contributed by atoms with Gasteiger partial charge in [0.05, 0.1) is 0 Å². The molecule has 0 aliphatic rings. The average molecular weight is 477 g/mol. The minimum Gasteiger partial charge on any atom is -0.385 e. The summed E-state index contributed by atoms with van der Waals surface area (Å²) in [6, 6.07) is 13.3. The number of hydrogen-bond donors (Lipinski definition) is 0. The first-order chi connectivity index (χ1) is 15.1. The molecule has 0 atom stereocenters. The molecule has 0 aliphatic heterocycles. The van der Waals surface area contributed by atoms with Gasteiger partial charge in [-0.1, -0.05) is 64.7 Å². The van der Waals surface area contributed by atoms with E-state index in [0.717, 1.165) is 6.61 Å².